The van der Waals surface area contributed by atoms with E-state index >= 15 is 0 Å². The number of rotatable bonds is 5. The first-order valence-corrected chi connectivity index (χ1v) is 5.16. The molecule has 0 heterocycles. The van der Waals surface area contributed by atoms with Crippen molar-refractivity contribution in [2.75, 3.05) is 6.54 Å². The predicted octanol–water partition coefficient (Wildman–Crippen LogP) is 1.64. The van der Waals surface area contributed by atoms with Crippen molar-refractivity contribution >= 4 is 0 Å². The maximum Gasteiger partial charge on any atom is 0.0555 e. The van der Waals surface area contributed by atoms with Crippen LogP contribution in [0.3, 0.4) is 0 Å². The summed E-state index contributed by atoms with van der Waals surface area (Å²) in [7, 11) is 0. The van der Waals surface area contributed by atoms with Crippen molar-refractivity contribution in [2.45, 2.75) is 32.3 Å². The SMILES string of the molecule is Cc1ccc(CCC(O)CCN)cc1. The molecular formula is C12H19NO. The van der Waals surface area contributed by atoms with Crippen molar-refractivity contribution in [3.05, 3.63) is 35.4 Å². The van der Waals surface area contributed by atoms with Gasteiger partial charge in [-0.15, -0.1) is 0 Å². The van der Waals surface area contributed by atoms with Crippen LogP contribution in [0.5, 0.6) is 0 Å². The molecule has 1 rings (SSSR count). The minimum absolute atomic E-state index is 0.249. The summed E-state index contributed by atoms with van der Waals surface area (Å²) in [5, 5.41) is 9.49. The Balaban J connectivity index is 2.34. The summed E-state index contributed by atoms with van der Waals surface area (Å²) >= 11 is 0. The minimum atomic E-state index is -0.249. The van der Waals surface area contributed by atoms with Crippen molar-refractivity contribution in [3.63, 3.8) is 0 Å². The number of aliphatic hydroxyl groups excluding tert-OH is 1. The van der Waals surface area contributed by atoms with E-state index in [1.165, 1.54) is 11.1 Å². The van der Waals surface area contributed by atoms with Gasteiger partial charge in [0.2, 0.25) is 0 Å². The molecule has 0 fully saturated rings. The van der Waals surface area contributed by atoms with E-state index in [1.54, 1.807) is 0 Å². The molecule has 1 unspecified atom stereocenters. The Morgan fingerprint density at radius 2 is 1.86 bits per heavy atom. The first kappa shape index (κ1) is 11.2. The van der Waals surface area contributed by atoms with Gasteiger partial charge in [-0.25, -0.2) is 0 Å². The minimum Gasteiger partial charge on any atom is -0.393 e. The number of hydrogen-bond donors (Lipinski definition) is 2. The van der Waals surface area contributed by atoms with Gasteiger partial charge < -0.3 is 10.8 Å². The number of hydrogen-bond acceptors (Lipinski definition) is 2. The van der Waals surface area contributed by atoms with E-state index in [4.69, 9.17) is 5.73 Å². The van der Waals surface area contributed by atoms with Crippen molar-refractivity contribution in [1.29, 1.82) is 0 Å². The smallest absolute Gasteiger partial charge is 0.0555 e. The van der Waals surface area contributed by atoms with Crippen LogP contribution in [0.1, 0.15) is 24.0 Å². The first-order valence-electron chi connectivity index (χ1n) is 5.16. The Morgan fingerprint density at radius 1 is 1.21 bits per heavy atom. The molecule has 2 nitrogen and oxygen atoms in total. The zero-order chi connectivity index (χ0) is 10.4. The van der Waals surface area contributed by atoms with E-state index in [1.807, 2.05) is 0 Å². The number of aryl methyl sites for hydroxylation is 2. The van der Waals surface area contributed by atoms with Gasteiger partial charge in [0.1, 0.15) is 0 Å². The Kier molecular flexibility index (Phi) is 4.63. The van der Waals surface area contributed by atoms with Crippen LogP contribution in [0.2, 0.25) is 0 Å². The third-order valence-corrected chi connectivity index (χ3v) is 2.39. The number of benzene rings is 1. The van der Waals surface area contributed by atoms with Crippen LogP contribution >= 0.6 is 0 Å². The van der Waals surface area contributed by atoms with Crippen molar-refractivity contribution in [2.24, 2.45) is 5.73 Å². The molecule has 0 saturated heterocycles. The fourth-order valence-corrected chi connectivity index (χ4v) is 1.42. The standard InChI is InChI=1S/C12H19NO/c1-10-2-4-11(5-3-10)6-7-12(14)8-9-13/h2-5,12,14H,6-9,13H2,1H3. The molecule has 0 spiro atoms. The summed E-state index contributed by atoms with van der Waals surface area (Å²) in [5.41, 5.74) is 7.92. The average molecular weight is 193 g/mol. The molecule has 0 aromatic heterocycles. The zero-order valence-electron chi connectivity index (χ0n) is 8.74. The number of aliphatic hydroxyl groups is 1. The van der Waals surface area contributed by atoms with Gasteiger partial charge in [0.05, 0.1) is 6.10 Å². The van der Waals surface area contributed by atoms with Crippen molar-refractivity contribution < 1.29 is 5.11 Å². The molecule has 0 saturated carbocycles. The summed E-state index contributed by atoms with van der Waals surface area (Å²) in [6.45, 7) is 2.64. The second-order valence-corrected chi connectivity index (χ2v) is 3.76. The summed E-state index contributed by atoms with van der Waals surface area (Å²) in [4.78, 5) is 0. The lowest BCUT2D eigenvalue weighted by atomic mass is 10.0. The maximum absolute atomic E-state index is 9.49. The van der Waals surface area contributed by atoms with E-state index in [-0.39, 0.29) is 6.10 Å². The van der Waals surface area contributed by atoms with Gasteiger partial charge in [0.25, 0.3) is 0 Å². The van der Waals surface area contributed by atoms with Crippen LogP contribution in [0, 0.1) is 6.92 Å². The molecule has 1 aromatic carbocycles. The Bertz CT molecular complexity index is 256. The zero-order valence-corrected chi connectivity index (χ0v) is 8.74. The second kappa shape index (κ2) is 5.78. The Hall–Kier alpha value is -0.860. The van der Waals surface area contributed by atoms with E-state index in [2.05, 4.69) is 31.2 Å². The van der Waals surface area contributed by atoms with Gasteiger partial charge in [-0.1, -0.05) is 29.8 Å². The van der Waals surface area contributed by atoms with Crippen molar-refractivity contribution in [3.8, 4) is 0 Å². The number of nitrogens with two attached hydrogens (primary N) is 1. The van der Waals surface area contributed by atoms with Crippen LogP contribution in [0.25, 0.3) is 0 Å². The lowest BCUT2D eigenvalue weighted by Crippen LogP contribution is -2.14. The summed E-state index contributed by atoms with van der Waals surface area (Å²) in [5.74, 6) is 0. The topological polar surface area (TPSA) is 46.2 Å². The molecule has 0 aliphatic carbocycles. The third-order valence-electron chi connectivity index (χ3n) is 2.39. The first-order chi connectivity index (χ1) is 6.72. The molecule has 1 aromatic rings. The normalized spacial score (nSPS) is 12.8. The largest absolute Gasteiger partial charge is 0.393 e. The molecule has 0 aliphatic heterocycles. The fraction of sp³-hybridized carbons (Fsp3) is 0.500. The maximum atomic E-state index is 9.49. The summed E-state index contributed by atoms with van der Waals surface area (Å²) < 4.78 is 0. The highest BCUT2D eigenvalue weighted by molar-refractivity contribution is 5.21. The highest BCUT2D eigenvalue weighted by atomic mass is 16.3. The van der Waals surface area contributed by atoms with Gasteiger partial charge >= 0.3 is 0 Å². The molecule has 0 radical (unpaired) electrons. The van der Waals surface area contributed by atoms with Gasteiger partial charge in [0.15, 0.2) is 0 Å². The predicted molar refractivity (Wildman–Crippen MR) is 59.2 cm³/mol. The average Bonchev–Trinajstić information content (AvgIpc) is 2.17. The molecule has 14 heavy (non-hydrogen) atoms. The Morgan fingerprint density at radius 3 is 2.43 bits per heavy atom. The summed E-state index contributed by atoms with van der Waals surface area (Å²) in [6.07, 6.45) is 2.19. The monoisotopic (exact) mass is 193 g/mol. The van der Waals surface area contributed by atoms with Crippen LogP contribution in [0.15, 0.2) is 24.3 Å². The molecule has 78 valence electrons. The van der Waals surface area contributed by atoms with E-state index in [0.717, 1.165) is 12.8 Å². The highest BCUT2D eigenvalue weighted by Crippen LogP contribution is 2.08. The van der Waals surface area contributed by atoms with E-state index in [9.17, 15) is 5.11 Å². The fourth-order valence-electron chi connectivity index (χ4n) is 1.42. The molecule has 1 atom stereocenters. The molecule has 0 bridgehead atoms. The highest BCUT2D eigenvalue weighted by Gasteiger charge is 2.02. The molecule has 3 N–H and O–H groups in total. The lowest BCUT2D eigenvalue weighted by Gasteiger charge is -2.08. The Labute approximate surface area is 85.8 Å². The summed E-state index contributed by atoms with van der Waals surface area (Å²) in [6, 6.07) is 8.43. The van der Waals surface area contributed by atoms with Crippen LogP contribution < -0.4 is 5.73 Å². The second-order valence-electron chi connectivity index (χ2n) is 3.76. The van der Waals surface area contributed by atoms with Crippen LogP contribution in [-0.4, -0.2) is 17.8 Å². The van der Waals surface area contributed by atoms with Crippen LogP contribution in [-0.2, 0) is 6.42 Å². The van der Waals surface area contributed by atoms with E-state index < -0.39 is 0 Å². The molecule has 0 aliphatic rings. The lowest BCUT2D eigenvalue weighted by molar-refractivity contribution is 0.157. The van der Waals surface area contributed by atoms with Crippen LogP contribution in [0.4, 0.5) is 0 Å². The quantitative estimate of drug-likeness (QED) is 0.746. The van der Waals surface area contributed by atoms with Gasteiger partial charge in [-0.2, -0.15) is 0 Å². The molecule has 0 amide bonds. The van der Waals surface area contributed by atoms with Crippen molar-refractivity contribution in [1.82, 2.24) is 0 Å². The molecule has 2 heteroatoms. The van der Waals surface area contributed by atoms with Gasteiger partial charge in [-0.05, 0) is 38.3 Å². The van der Waals surface area contributed by atoms with E-state index in [0.29, 0.717) is 13.0 Å². The van der Waals surface area contributed by atoms with Gasteiger partial charge in [0, 0.05) is 0 Å². The van der Waals surface area contributed by atoms with Gasteiger partial charge in [-0.3, -0.25) is 0 Å². The third kappa shape index (κ3) is 3.90. The molecular weight excluding hydrogens is 174 g/mol.